The van der Waals surface area contributed by atoms with Gasteiger partial charge in [0.1, 0.15) is 11.6 Å². The van der Waals surface area contributed by atoms with Gasteiger partial charge in [0, 0.05) is 39.6 Å². The summed E-state index contributed by atoms with van der Waals surface area (Å²) < 4.78 is 18.0. The Bertz CT molecular complexity index is 1760. The van der Waals surface area contributed by atoms with Gasteiger partial charge in [-0.25, -0.2) is 9.97 Å². The van der Waals surface area contributed by atoms with Gasteiger partial charge in [-0.1, -0.05) is 29.3 Å². The third kappa shape index (κ3) is 3.76. The number of carbonyl (C=O) groups excluding carboxylic acids is 2. The SMILES string of the molecule is COc1cc(Cl)cc(N2C(=O)c3nc(-c4cnc(OC)nc4OC)n(C(C)C)c3C23C(=O)Nc2cc(Cl)ccc23)c1. The lowest BCUT2D eigenvalue weighted by atomic mass is 9.87. The number of imidazole rings is 1. The fourth-order valence-corrected chi connectivity index (χ4v) is 5.97. The topological polar surface area (TPSA) is 121 Å². The molecule has 1 N–H and O–H groups in total. The Labute approximate surface area is 245 Å². The molecule has 1 atom stereocenters. The van der Waals surface area contributed by atoms with Crippen LogP contribution in [0.2, 0.25) is 10.0 Å². The molecule has 0 fully saturated rings. The van der Waals surface area contributed by atoms with E-state index < -0.39 is 17.4 Å². The highest BCUT2D eigenvalue weighted by Gasteiger charge is 2.64. The summed E-state index contributed by atoms with van der Waals surface area (Å²) in [6, 6.07) is 9.79. The fraction of sp³-hybridized carbons (Fsp3) is 0.250. The molecule has 4 heterocycles. The molecule has 2 aliphatic rings. The molecule has 6 rings (SSSR count). The van der Waals surface area contributed by atoms with Gasteiger partial charge < -0.3 is 24.1 Å². The molecule has 2 aliphatic heterocycles. The number of benzene rings is 2. The maximum atomic E-state index is 14.4. The lowest BCUT2D eigenvalue weighted by molar-refractivity contribution is -0.119. The second-order valence-corrected chi connectivity index (χ2v) is 10.6. The molecule has 11 nitrogen and oxygen atoms in total. The summed E-state index contributed by atoms with van der Waals surface area (Å²) in [5, 5.41) is 3.70. The molecule has 210 valence electrons. The number of hydrogen-bond acceptors (Lipinski definition) is 8. The van der Waals surface area contributed by atoms with Crippen LogP contribution in [0.3, 0.4) is 0 Å². The zero-order chi connectivity index (χ0) is 29.2. The summed E-state index contributed by atoms with van der Waals surface area (Å²) in [4.78, 5) is 43.5. The van der Waals surface area contributed by atoms with Crippen LogP contribution in [0.5, 0.6) is 17.6 Å². The monoisotopic (exact) mass is 594 g/mol. The lowest BCUT2D eigenvalue weighted by Gasteiger charge is -2.36. The molecular weight excluding hydrogens is 571 g/mol. The van der Waals surface area contributed by atoms with Gasteiger partial charge in [0.05, 0.1) is 38.3 Å². The largest absolute Gasteiger partial charge is 0.497 e. The van der Waals surface area contributed by atoms with Crippen LogP contribution < -0.4 is 24.4 Å². The number of aromatic nitrogens is 4. The number of fused-ring (bicyclic) bond motifs is 4. The number of nitrogens with one attached hydrogen (secondary N) is 1. The normalized spacial score (nSPS) is 17.2. The summed E-state index contributed by atoms with van der Waals surface area (Å²) in [6.07, 6.45) is 1.51. The van der Waals surface area contributed by atoms with Crippen molar-refractivity contribution >= 4 is 46.4 Å². The Balaban J connectivity index is 1.71. The first-order valence-corrected chi connectivity index (χ1v) is 13.3. The molecule has 2 aromatic carbocycles. The summed E-state index contributed by atoms with van der Waals surface area (Å²) >= 11 is 12.8. The lowest BCUT2D eigenvalue weighted by Crippen LogP contribution is -2.51. The van der Waals surface area contributed by atoms with Crippen molar-refractivity contribution in [3.05, 3.63) is 69.6 Å². The van der Waals surface area contributed by atoms with E-state index in [0.717, 1.165) is 0 Å². The number of amides is 2. The van der Waals surface area contributed by atoms with Crippen LogP contribution in [-0.4, -0.2) is 52.7 Å². The summed E-state index contributed by atoms with van der Waals surface area (Å²) in [6.45, 7) is 3.86. The molecule has 41 heavy (non-hydrogen) atoms. The van der Waals surface area contributed by atoms with E-state index in [2.05, 4.69) is 15.3 Å². The standard InChI is InChI=1S/C28H24Cl2N6O5/c1-13(2)35-22-21(33-23(35)18-12-31-27(41-5)34-24(18)40-4)25(37)36(16-8-15(30)9-17(11-16)39-3)28(22)19-7-6-14(29)10-20(19)32-26(28)38/h6-13H,1-5H3,(H,32,38). The Morgan fingerprint density at radius 1 is 0.951 bits per heavy atom. The summed E-state index contributed by atoms with van der Waals surface area (Å²) in [7, 11) is 4.41. The van der Waals surface area contributed by atoms with Crippen molar-refractivity contribution in [1.82, 2.24) is 19.5 Å². The second kappa shape index (κ2) is 9.64. The fourth-order valence-electron chi connectivity index (χ4n) is 5.58. The van der Waals surface area contributed by atoms with Gasteiger partial charge in [-0.3, -0.25) is 14.5 Å². The molecule has 0 bridgehead atoms. The van der Waals surface area contributed by atoms with Crippen LogP contribution >= 0.6 is 23.2 Å². The van der Waals surface area contributed by atoms with E-state index in [1.807, 2.05) is 18.4 Å². The van der Waals surface area contributed by atoms with E-state index in [0.29, 0.717) is 49.8 Å². The number of rotatable bonds is 6. The Kier molecular flexibility index (Phi) is 6.31. The predicted octanol–water partition coefficient (Wildman–Crippen LogP) is 5.11. The number of nitrogens with zero attached hydrogens (tertiary/aromatic N) is 5. The van der Waals surface area contributed by atoms with Crippen molar-refractivity contribution in [2.24, 2.45) is 0 Å². The average Bonchev–Trinajstić information content (AvgIpc) is 3.56. The van der Waals surface area contributed by atoms with Crippen LogP contribution in [0, 0.1) is 0 Å². The van der Waals surface area contributed by atoms with Crippen molar-refractivity contribution in [3.63, 3.8) is 0 Å². The minimum Gasteiger partial charge on any atom is -0.497 e. The molecule has 1 spiro atoms. The highest BCUT2D eigenvalue weighted by atomic mass is 35.5. The Hall–Kier alpha value is -4.35. The zero-order valence-corrected chi connectivity index (χ0v) is 24.2. The van der Waals surface area contributed by atoms with E-state index in [-0.39, 0.29) is 23.6 Å². The van der Waals surface area contributed by atoms with Crippen LogP contribution in [0.15, 0.2) is 42.6 Å². The molecule has 2 aromatic heterocycles. The number of anilines is 2. The highest BCUT2D eigenvalue weighted by molar-refractivity contribution is 6.32. The van der Waals surface area contributed by atoms with Gasteiger partial charge >= 0.3 is 6.01 Å². The summed E-state index contributed by atoms with van der Waals surface area (Å²) in [5.74, 6) is 0.0184. The number of ether oxygens (including phenoxy) is 3. The van der Waals surface area contributed by atoms with Crippen molar-refractivity contribution in [2.75, 3.05) is 31.5 Å². The third-order valence-electron chi connectivity index (χ3n) is 7.16. The quantitative estimate of drug-likeness (QED) is 0.327. The van der Waals surface area contributed by atoms with Crippen LogP contribution in [0.4, 0.5) is 11.4 Å². The average molecular weight is 595 g/mol. The van der Waals surface area contributed by atoms with Gasteiger partial charge in [0.25, 0.3) is 11.8 Å². The van der Waals surface area contributed by atoms with Gasteiger partial charge in [-0.2, -0.15) is 4.98 Å². The maximum Gasteiger partial charge on any atom is 0.319 e. The zero-order valence-electron chi connectivity index (χ0n) is 22.7. The molecule has 4 aromatic rings. The first-order chi connectivity index (χ1) is 19.6. The molecule has 1 unspecified atom stereocenters. The van der Waals surface area contributed by atoms with E-state index in [9.17, 15) is 9.59 Å². The smallest absolute Gasteiger partial charge is 0.319 e. The van der Waals surface area contributed by atoms with Crippen LogP contribution in [0.1, 0.15) is 41.6 Å². The molecule has 2 amide bonds. The number of hydrogen-bond donors (Lipinski definition) is 1. The molecule has 0 aliphatic carbocycles. The van der Waals surface area contributed by atoms with E-state index >= 15 is 0 Å². The maximum absolute atomic E-state index is 14.4. The van der Waals surface area contributed by atoms with Crippen LogP contribution in [-0.2, 0) is 10.3 Å². The number of carbonyl (C=O) groups is 2. The Morgan fingerprint density at radius 3 is 2.41 bits per heavy atom. The third-order valence-corrected chi connectivity index (χ3v) is 7.61. The predicted molar refractivity (Wildman–Crippen MR) is 152 cm³/mol. The van der Waals surface area contributed by atoms with E-state index in [1.54, 1.807) is 36.4 Å². The van der Waals surface area contributed by atoms with E-state index in [1.165, 1.54) is 32.4 Å². The van der Waals surface area contributed by atoms with Crippen molar-refractivity contribution < 1.29 is 23.8 Å². The highest BCUT2D eigenvalue weighted by Crippen LogP contribution is 2.55. The van der Waals surface area contributed by atoms with Gasteiger partial charge in [0.15, 0.2) is 11.2 Å². The molecule has 0 saturated carbocycles. The Morgan fingerprint density at radius 2 is 1.73 bits per heavy atom. The first-order valence-electron chi connectivity index (χ1n) is 12.5. The minimum atomic E-state index is -1.65. The van der Waals surface area contributed by atoms with Crippen molar-refractivity contribution in [2.45, 2.75) is 25.4 Å². The number of methoxy groups -OCH3 is 3. The summed E-state index contributed by atoms with van der Waals surface area (Å²) in [5.41, 5.74) is 0.599. The van der Waals surface area contributed by atoms with Gasteiger partial charge in [0.2, 0.25) is 5.88 Å². The van der Waals surface area contributed by atoms with Crippen molar-refractivity contribution in [3.8, 4) is 29.0 Å². The second-order valence-electron chi connectivity index (χ2n) is 9.72. The minimum absolute atomic E-state index is 0.0865. The van der Waals surface area contributed by atoms with Crippen LogP contribution in [0.25, 0.3) is 11.4 Å². The van der Waals surface area contributed by atoms with Crippen molar-refractivity contribution in [1.29, 1.82) is 0 Å². The van der Waals surface area contributed by atoms with E-state index in [4.69, 9.17) is 42.4 Å². The van der Waals surface area contributed by atoms with Gasteiger partial charge in [-0.15, -0.1) is 0 Å². The van der Waals surface area contributed by atoms with Gasteiger partial charge in [-0.05, 0) is 38.1 Å². The molecule has 13 heteroatoms. The first kappa shape index (κ1) is 26.9. The molecule has 0 radical (unpaired) electrons. The number of halogens is 2. The molecular formula is C28H24Cl2N6O5. The molecule has 0 saturated heterocycles.